The highest BCUT2D eigenvalue weighted by Gasteiger charge is 2.26. The summed E-state index contributed by atoms with van der Waals surface area (Å²) in [5.41, 5.74) is 1.64. The Morgan fingerprint density at radius 3 is 2.44 bits per heavy atom. The number of rotatable bonds is 4. The molecule has 2 aromatic carbocycles. The van der Waals surface area contributed by atoms with Gasteiger partial charge in [0.25, 0.3) is 0 Å². The van der Waals surface area contributed by atoms with Crippen LogP contribution in [0.2, 0.25) is 5.02 Å². The lowest BCUT2D eigenvalue weighted by Crippen LogP contribution is -2.52. The zero-order valence-corrected chi connectivity index (χ0v) is 14.8. The number of para-hydroxylation sites is 1. The van der Waals surface area contributed by atoms with Gasteiger partial charge in [-0.05, 0) is 37.3 Å². The van der Waals surface area contributed by atoms with Crippen LogP contribution in [-0.2, 0) is 4.79 Å². The van der Waals surface area contributed by atoms with Gasteiger partial charge in [-0.1, -0.05) is 29.8 Å². The monoisotopic (exact) mass is 361 g/mol. The predicted octanol–water partition coefficient (Wildman–Crippen LogP) is 3.63. The standard InChI is InChI=1S/C19H21ClFN3O/c1-14(19(25)22-18-8-7-15(21)13-17(18)20)23-9-11-24(12-10-23)16-5-3-2-4-6-16/h2-8,13-14H,9-12H2,1H3,(H,22,25). The Morgan fingerprint density at radius 1 is 1.12 bits per heavy atom. The van der Waals surface area contributed by atoms with Crippen molar-refractivity contribution in [2.75, 3.05) is 36.4 Å². The quantitative estimate of drug-likeness (QED) is 0.903. The SMILES string of the molecule is CC(C(=O)Nc1ccc(F)cc1Cl)N1CCN(c2ccccc2)CC1. The second-order valence-corrected chi connectivity index (χ2v) is 6.56. The first-order valence-electron chi connectivity index (χ1n) is 8.34. The van der Waals surface area contributed by atoms with Crippen LogP contribution in [0.4, 0.5) is 15.8 Å². The third kappa shape index (κ3) is 4.30. The molecule has 1 unspecified atom stereocenters. The molecule has 132 valence electrons. The Kier molecular flexibility index (Phi) is 5.56. The van der Waals surface area contributed by atoms with Crippen LogP contribution in [0.25, 0.3) is 0 Å². The van der Waals surface area contributed by atoms with Gasteiger partial charge in [0.05, 0.1) is 16.8 Å². The van der Waals surface area contributed by atoms with E-state index in [1.807, 2.05) is 25.1 Å². The number of piperazine rings is 1. The lowest BCUT2D eigenvalue weighted by molar-refractivity contribution is -0.120. The van der Waals surface area contributed by atoms with Crippen LogP contribution >= 0.6 is 11.6 Å². The van der Waals surface area contributed by atoms with E-state index in [4.69, 9.17) is 11.6 Å². The smallest absolute Gasteiger partial charge is 0.241 e. The average molecular weight is 362 g/mol. The molecule has 0 aliphatic carbocycles. The number of nitrogens with zero attached hydrogens (tertiary/aromatic N) is 2. The second-order valence-electron chi connectivity index (χ2n) is 6.15. The molecule has 3 rings (SSSR count). The minimum atomic E-state index is -0.423. The Labute approximate surface area is 152 Å². The molecular weight excluding hydrogens is 341 g/mol. The van der Waals surface area contributed by atoms with Gasteiger partial charge in [-0.15, -0.1) is 0 Å². The van der Waals surface area contributed by atoms with E-state index >= 15 is 0 Å². The summed E-state index contributed by atoms with van der Waals surface area (Å²) in [5.74, 6) is -0.560. The number of amides is 1. The largest absolute Gasteiger partial charge is 0.369 e. The molecule has 1 amide bonds. The van der Waals surface area contributed by atoms with E-state index in [-0.39, 0.29) is 17.0 Å². The molecule has 25 heavy (non-hydrogen) atoms. The number of hydrogen-bond donors (Lipinski definition) is 1. The maximum atomic E-state index is 13.1. The average Bonchev–Trinajstić information content (AvgIpc) is 2.64. The zero-order valence-electron chi connectivity index (χ0n) is 14.1. The second kappa shape index (κ2) is 7.85. The van der Waals surface area contributed by atoms with Crippen LogP contribution < -0.4 is 10.2 Å². The van der Waals surface area contributed by atoms with Crippen LogP contribution in [0.3, 0.4) is 0 Å². The topological polar surface area (TPSA) is 35.6 Å². The van der Waals surface area contributed by atoms with Gasteiger partial charge in [0.2, 0.25) is 5.91 Å². The summed E-state index contributed by atoms with van der Waals surface area (Å²) in [6, 6.07) is 14.0. The van der Waals surface area contributed by atoms with Gasteiger partial charge in [-0.25, -0.2) is 4.39 Å². The third-order valence-corrected chi connectivity index (χ3v) is 4.86. The summed E-state index contributed by atoms with van der Waals surface area (Å²) in [6.45, 7) is 5.24. The van der Waals surface area contributed by atoms with Crippen molar-refractivity contribution in [1.82, 2.24) is 4.90 Å². The fourth-order valence-electron chi connectivity index (χ4n) is 3.00. The molecule has 0 radical (unpaired) electrons. The highest BCUT2D eigenvalue weighted by molar-refractivity contribution is 6.33. The summed E-state index contributed by atoms with van der Waals surface area (Å²) in [4.78, 5) is 16.9. The Balaban J connectivity index is 1.56. The lowest BCUT2D eigenvalue weighted by Gasteiger charge is -2.38. The molecular formula is C19H21ClFN3O. The first-order valence-corrected chi connectivity index (χ1v) is 8.72. The molecule has 1 N–H and O–H groups in total. The van der Waals surface area contributed by atoms with Crippen LogP contribution in [0.15, 0.2) is 48.5 Å². The molecule has 1 saturated heterocycles. The number of nitrogens with one attached hydrogen (secondary N) is 1. The van der Waals surface area contributed by atoms with Gasteiger partial charge in [-0.3, -0.25) is 9.69 Å². The normalized spacial score (nSPS) is 16.5. The molecule has 1 aliphatic heterocycles. The maximum Gasteiger partial charge on any atom is 0.241 e. The van der Waals surface area contributed by atoms with Crippen molar-refractivity contribution >= 4 is 28.9 Å². The van der Waals surface area contributed by atoms with Crippen molar-refractivity contribution in [3.63, 3.8) is 0 Å². The summed E-state index contributed by atoms with van der Waals surface area (Å²) in [6.07, 6.45) is 0. The third-order valence-electron chi connectivity index (χ3n) is 4.55. The highest BCUT2D eigenvalue weighted by Crippen LogP contribution is 2.23. The molecule has 0 bridgehead atoms. The van der Waals surface area contributed by atoms with Crippen LogP contribution in [0, 0.1) is 5.82 Å². The first-order chi connectivity index (χ1) is 12.0. The van der Waals surface area contributed by atoms with Gasteiger partial charge in [-0.2, -0.15) is 0 Å². The molecule has 1 atom stereocenters. The van der Waals surface area contributed by atoms with Gasteiger partial charge >= 0.3 is 0 Å². The molecule has 6 heteroatoms. The van der Waals surface area contributed by atoms with E-state index in [2.05, 4.69) is 27.2 Å². The molecule has 1 heterocycles. The van der Waals surface area contributed by atoms with Gasteiger partial charge in [0.1, 0.15) is 5.82 Å². The van der Waals surface area contributed by atoms with Crippen molar-refractivity contribution < 1.29 is 9.18 Å². The molecule has 1 aliphatic rings. The Hall–Kier alpha value is -2.11. The van der Waals surface area contributed by atoms with Crippen molar-refractivity contribution in [3.05, 3.63) is 59.4 Å². The summed E-state index contributed by atoms with van der Waals surface area (Å²) in [7, 11) is 0. The van der Waals surface area contributed by atoms with E-state index < -0.39 is 5.82 Å². The van der Waals surface area contributed by atoms with E-state index in [9.17, 15) is 9.18 Å². The van der Waals surface area contributed by atoms with Crippen molar-refractivity contribution in [2.45, 2.75) is 13.0 Å². The molecule has 2 aromatic rings. The van der Waals surface area contributed by atoms with E-state index in [1.165, 1.54) is 23.9 Å². The minimum absolute atomic E-state index is 0.137. The molecule has 1 fully saturated rings. The fourth-order valence-corrected chi connectivity index (χ4v) is 3.21. The number of halogens is 2. The fraction of sp³-hybridized carbons (Fsp3) is 0.316. The molecule has 0 aromatic heterocycles. The summed E-state index contributed by atoms with van der Waals surface area (Å²) >= 11 is 5.98. The molecule has 4 nitrogen and oxygen atoms in total. The van der Waals surface area contributed by atoms with Gasteiger partial charge in [0.15, 0.2) is 0 Å². The van der Waals surface area contributed by atoms with Crippen LogP contribution in [0.5, 0.6) is 0 Å². The number of hydrogen-bond acceptors (Lipinski definition) is 3. The Bertz CT molecular complexity index is 733. The molecule has 0 spiro atoms. The predicted molar refractivity (Wildman–Crippen MR) is 99.7 cm³/mol. The minimum Gasteiger partial charge on any atom is -0.369 e. The first kappa shape index (κ1) is 17.7. The number of benzene rings is 2. The van der Waals surface area contributed by atoms with Crippen molar-refractivity contribution in [1.29, 1.82) is 0 Å². The van der Waals surface area contributed by atoms with Gasteiger partial charge < -0.3 is 10.2 Å². The van der Waals surface area contributed by atoms with E-state index in [0.29, 0.717) is 5.69 Å². The van der Waals surface area contributed by atoms with E-state index in [1.54, 1.807) is 0 Å². The summed E-state index contributed by atoms with van der Waals surface area (Å²) < 4.78 is 13.1. The maximum absolute atomic E-state index is 13.1. The van der Waals surface area contributed by atoms with Crippen molar-refractivity contribution in [2.24, 2.45) is 0 Å². The number of anilines is 2. The van der Waals surface area contributed by atoms with E-state index in [0.717, 1.165) is 26.2 Å². The van der Waals surface area contributed by atoms with Gasteiger partial charge in [0, 0.05) is 31.9 Å². The summed E-state index contributed by atoms with van der Waals surface area (Å²) in [5, 5.41) is 2.99. The van der Waals surface area contributed by atoms with Crippen molar-refractivity contribution in [3.8, 4) is 0 Å². The van der Waals surface area contributed by atoms with Crippen LogP contribution in [-0.4, -0.2) is 43.0 Å². The highest BCUT2D eigenvalue weighted by atomic mass is 35.5. The zero-order chi connectivity index (χ0) is 17.8. The number of carbonyl (C=O) groups excluding carboxylic acids is 1. The Morgan fingerprint density at radius 2 is 1.80 bits per heavy atom. The van der Waals surface area contributed by atoms with Crippen LogP contribution in [0.1, 0.15) is 6.92 Å². The number of carbonyl (C=O) groups is 1. The lowest BCUT2D eigenvalue weighted by atomic mass is 10.2. The molecule has 0 saturated carbocycles.